The van der Waals surface area contributed by atoms with Gasteiger partial charge in [0.2, 0.25) is 0 Å². The summed E-state index contributed by atoms with van der Waals surface area (Å²) in [7, 11) is 0. The molecule has 1 N–H and O–H groups in total. The molecule has 0 unspecified atom stereocenters. The summed E-state index contributed by atoms with van der Waals surface area (Å²) >= 11 is 0. The van der Waals surface area contributed by atoms with Gasteiger partial charge in [-0.05, 0) is 11.6 Å². The van der Waals surface area contributed by atoms with Crippen LogP contribution in [-0.4, -0.2) is 30.2 Å². The van der Waals surface area contributed by atoms with E-state index in [0.29, 0.717) is 10.9 Å². The second kappa shape index (κ2) is 6.33. The van der Waals surface area contributed by atoms with Crippen LogP contribution < -0.4 is 0 Å². The summed E-state index contributed by atoms with van der Waals surface area (Å²) in [4.78, 5) is 14.1. The van der Waals surface area contributed by atoms with E-state index in [1.807, 2.05) is 0 Å². The second-order valence-corrected chi connectivity index (χ2v) is 4.66. The molecule has 1 aromatic carbocycles. The predicted molar refractivity (Wildman–Crippen MR) is 68.7 cm³/mol. The van der Waals surface area contributed by atoms with Gasteiger partial charge in [0.1, 0.15) is 0 Å². The van der Waals surface area contributed by atoms with Crippen molar-refractivity contribution in [2.45, 2.75) is 24.9 Å². The molecule has 0 bridgehead atoms. The minimum atomic E-state index is -4.70. The van der Waals surface area contributed by atoms with Gasteiger partial charge >= 0.3 is 12.1 Å². The maximum atomic E-state index is 13.2. The van der Waals surface area contributed by atoms with Gasteiger partial charge in [-0.1, -0.05) is 18.2 Å². The fraction of sp³-hybridized carbons (Fsp3) is 0.357. The average molecular weight is 321 g/mol. The largest absolute Gasteiger partial charge is 0.460 e. The van der Waals surface area contributed by atoms with Crippen molar-refractivity contribution in [2.24, 2.45) is 0 Å². The lowest BCUT2D eigenvalue weighted by Gasteiger charge is -2.19. The van der Waals surface area contributed by atoms with Gasteiger partial charge in [-0.2, -0.15) is 13.2 Å². The van der Waals surface area contributed by atoms with E-state index < -0.39 is 37.5 Å². The lowest BCUT2D eigenvalue weighted by atomic mass is 9.94. The van der Waals surface area contributed by atoms with Crippen molar-refractivity contribution < 1.29 is 31.5 Å². The highest BCUT2D eigenvalue weighted by molar-refractivity contribution is 5.84. The molecule has 8 heteroatoms. The first-order chi connectivity index (χ1) is 10.3. The first kappa shape index (κ1) is 16.3. The van der Waals surface area contributed by atoms with E-state index in [2.05, 4.69) is 9.72 Å². The number of alkyl halides is 5. The third kappa shape index (κ3) is 3.75. The number of halogens is 5. The second-order valence-electron chi connectivity index (χ2n) is 4.66. The lowest BCUT2D eigenvalue weighted by molar-refractivity contribution is -0.168. The lowest BCUT2D eigenvalue weighted by Crippen LogP contribution is -2.25. The van der Waals surface area contributed by atoms with Crippen LogP contribution in [0.3, 0.4) is 0 Å². The van der Waals surface area contributed by atoms with Crippen LogP contribution in [0.25, 0.3) is 10.9 Å². The molecule has 0 spiro atoms. The van der Waals surface area contributed by atoms with Crippen LogP contribution in [0.1, 0.15) is 17.9 Å². The Labute approximate surface area is 122 Å². The number of H-pyrrole nitrogens is 1. The van der Waals surface area contributed by atoms with Crippen molar-refractivity contribution in [2.75, 3.05) is 6.61 Å². The van der Waals surface area contributed by atoms with Gasteiger partial charge in [-0.15, -0.1) is 0 Å². The maximum Gasteiger partial charge on any atom is 0.396 e. The summed E-state index contributed by atoms with van der Waals surface area (Å²) in [6.07, 6.45) is -7.49. The Balaban J connectivity index is 2.26. The summed E-state index contributed by atoms with van der Waals surface area (Å²) in [6, 6.07) is 6.32. The van der Waals surface area contributed by atoms with Gasteiger partial charge in [-0.25, -0.2) is 8.78 Å². The normalized spacial score (nSPS) is 13.5. The zero-order valence-electron chi connectivity index (χ0n) is 11.2. The third-order valence-electron chi connectivity index (χ3n) is 3.13. The highest BCUT2D eigenvalue weighted by Gasteiger charge is 2.43. The molecular weight excluding hydrogens is 309 g/mol. The molecule has 22 heavy (non-hydrogen) atoms. The van der Waals surface area contributed by atoms with Crippen molar-refractivity contribution in [1.82, 2.24) is 4.98 Å². The van der Waals surface area contributed by atoms with E-state index in [4.69, 9.17) is 0 Å². The Morgan fingerprint density at radius 1 is 1.23 bits per heavy atom. The van der Waals surface area contributed by atoms with Crippen LogP contribution in [0.4, 0.5) is 22.0 Å². The van der Waals surface area contributed by atoms with Gasteiger partial charge in [0.25, 0.3) is 6.43 Å². The van der Waals surface area contributed by atoms with Gasteiger partial charge in [-0.3, -0.25) is 4.79 Å². The zero-order chi connectivity index (χ0) is 16.3. The fourth-order valence-electron chi connectivity index (χ4n) is 2.17. The number of fused-ring (bicyclic) bond motifs is 1. The number of nitrogens with one attached hydrogen (secondary N) is 1. The number of carbonyl (C=O) groups excluding carboxylic acids is 1. The Hall–Kier alpha value is -2.12. The molecule has 0 saturated carbocycles. The molecule has 0 aliphatic heterocycles. The van der Waals surface area contributed by atoms with Crippen LogP contribution >= 0.6 is 0 Å². The molecule has 2 rings (SSSR count). The summed E-state index contributed by atoms with van der Waals surface area (Å²) in [5, 5.41) is 0.325. The molecular formula is C14H12F5NO2. The Morgan fingerprint density at radius 3 is 2.55 bits per heavy atom. The molecule has 1 atom stereocenters. The van der Waals surface area contributed by atoms with Crippen LogP contribution in [0.5, 0.6) is 0 Å². The highest BCUT2D eigenvalue weighted by atomic mass is 19.4. The SMILES string of the molecule is O=C(C[C@@H](c1c[nH]c2ccccc12)C(F)(F)F)OCC(F)F. The van der Waals surface area contributed by atoms with Crippen molar-refractivity contribution >= 4 is 16.9 Å². The highest BCUT2D eigenvalue weighted by Crippen LogP contribution is 2.40. The van der Waals surface area contributed by atoms with Crippen LogP contribution in [0.15, 0.2) is 30.5 Å². The predicted octanol–water partition coefficient (Wildman–Crippen LogP) is 4.01. The molecule has 2 aromatic rings. The molecule has 0 aliphatic carbocycles. The molecule has 3 nitrogen and oxygen atoms in total. The number of aromatic amines is 1. The monoisotopic (exact) mass is 321 g/mol. The summed E-state index contributed by atoms with van der Waals surface area (Å²) in [5.74, 6) is -3.43. The van der Waals surface area contributed by atoms with E-state index in [1.54, 1.807) is 18.2 Å². The van der Waals surface area contributed by atoms with Crippen LogP contribution in [0.2, 0.25) is 0 Å². The third-order valence-corrected chi connectivity index (χ3v) is 3.13. The maximum absolute atomic E-state index is 13.2. The van der Waals surface area contributed by atoms with Gasteiger partial charge in [0, 0.05) is 17.1 Å². The number of carbonyl (C=O) groups is 1. The van der Waals surface area contributed by atoms with Gasteiger partial charge in [0.05, 0.1) is 12.3 Å². The molecule has 0 fully saturated rings. The number of hydrogen-bond donors (Lipinski definition) is 1. The first-order valence-electron chi connectivity index (χ1n) is 6.35. The number of hydrogen-bond acceptors (Lipinski definition) is 2. The smallest absolute Gasteiger partial charge is 0.396 e. The van der Waals surface area contributed by atoms with E-state index in [1.165, 1.54) is 12.3 Å². The number of para-hydroxylation sites is 1. The molecule has 0 radical (unpaired) electrons. The number of ether oxygens (including phenoxy) is 1. The molecule has 0 saturated heterocycles. The molecule has 1 aromatic heterocycles. The molecule has 120 valence electrons. The number of benzene rings is 1. The minimum absolute atomic E-state index is 0.114. The quantitative estimate of drug-likeness (QED) is 0.668. The first-order valence-corrected chi connectivity index (χ1v) is 6.35. The van der Waals surface area contributed by atoms with Gasteiger partial charge < -0.3 is 9.72 Å². The zero-order valence-corrected chi connectivity index (χ0v) is 11.2. The van der Waals surface area contributed by atoms with E-state index in [0.717, 1.165) is 0 Å². The van der Waals surface area contributed by atoms with Crippen molar-refractivity contribution in [1.29, 1.82) is 0 Å². The number of rotatable bonds is 5. The van der Waals surface area contributed by atoms with Crippen molar-refractivity contribution in [3.63, 3.8) is 0 Å². The van der Waals surface area contributed by atoms with Crippen LogP contribution in [0, 0.1) is 0 Å². The van der Waals surface area contributed by atoms with E-state index in [9.17, 15) is 26.7 Å². The minimum Gasteiger partial charge on any atom is -0.460 e. The Kier molecular flexibility index (Phi) is 4.68. The topological polar surface area (TPSA) is 42.1 Å². The average Bonchev–Trinajstić information content (AvgIpc) is 2.85. The Morgan fingerprint density at radius 2 is 1.91 bits per heavy atom. The number of esters is 1. The summed E-state index contributed by atoms with van der Waals surface area (Å²) in [6.45, 7) is -1.21. The Bertz CT molecular complexity index is 650. The fourth-order valence-corrected chi connectivity index (χ4v) is 2.17. The standard InChI is InChI=1S/C14H12F5NO2/c15-12(16)7-22-13(21)5-10(14(17,18)19)9-6-20-11-4-2-1-3-8(9)11/h1-4,6,10,12,20H,5,7H2/t10-/m0/s1. The van der Waals surface area contributed by atoms with E-state index in [-0.39, 0.29) is 5.56 Å². The van der Waals surface area contributed by atoms with Crippen molar-refractivity contribution in [3.8, 4) is 0 Å². The van der Waals surface area contributed by atoms with E-state index >= 15 is 0 Å². The molecule has 0 aliphatic rings. The van der Waals surface area contributed by atoms with Crippen LogP contribution in [-0.2, 0) is 9.53 Å². The van der Waals surface area contributed by atoms with Gasteiger partial charge in [0.15, 0.2) is 6.61 Å². The molecule has 0 amide bonds. The molecule has 1 heterocycles. The summed E-state index contributed by atoms with van der Waals surface area (Å²) < 4.78 is 67.6. The summed E-state index contributed by atoms with van der Waals surface area (Å²) in [5.41, 5.74) is 0.379. The number of aromatic nitrogens is 1. The van der Waals surface area contributed by atoms with Crippen molar-refractivity contribution in [3.05, 3.63) is 36.0 Å².